The summed E-state index contributed by atoms with van der Waals surface area (Å²) in [5, 5.41) is 6.94. The molecule has 0 bridgehead atoms. The van der Waals surface area contributed by atoms with Crippen LogP contribution in [0, 0.1) is 19.8 Å². The van der Waals surface area contributed by atoms with E-state index in [0.29, 0.717) is 18.1 Å². The number of aryl methyl sites for hydroxylation is 3. The maximum atomic E-state index is 12.7. The van der Waals surface area contributed by atoms with Crippen molar-refractivity contribution in [2.45, 2.75) is 52.4 Å². The number of carbonyl (C=O) groups is 2. The van der Waals surface area contributed by atoms with Gasteiger partial charge in [0.15, 0.2) is 0 Å². The first-order valence-electron chi connectivity index (χ1n) is 9.61. The number of anilines is 2. The molecule has 0 unspecified atom stereocenters. The Kier molecular flexibility index (Phi) is 4.50. The largest absolute Gasteiger partial charge is 0.361 e. The van der Waals surface area contributed by atoms with Crippen molar-refractivity contribution in [3.63, 3.8) is 0 Å². The Morgan fingerprint density at radius 2 is 2.11 bits per heavy atom. The zero-order valence-electron chi connectivity index (χ0n) is 16.0. The first-order chi connectivity index (χ1) is 12.9. The van der Waals surface area contributed by atoms with Crippen molar-refractivity contribution < 1.29 is 14.1 Å². The first kappa shape index (κ1) is 17.8. The summed E-state index contributed by atoms with van der Waals surface area (Å²) in [6.45, 7) is 6.35. The molecule has 1 atom stereocenters. The van der Waals surface area contributed by atoms with Gasteiger partial charge in [0.25, 0.3) is 0 Å². The molecule has 0 saturated heterocycles. The van der Waals surface area contributed by atoms with Gasteiger partial charge in [-0.15, -0.1) is 0 Å². The second-order valence-electron chi connectivity index (χ2n) is 7.74. The average molecular weight is 367 g/mol. The van der Waals surface area contributed by atoms with Crippen LogP contribution in [0.15, 0.2) is 22.7 Å². The Morgan fingerprint density at radius 3 is 2.78 bits per heavy atom. The number of hydrogen-bond acceptors (Lipinski definition) is 4. The Morgan fingerprint density at radius 1 is 1.33 bits per heavy atom. The van der Waals surface area contributed by atoms with E-state index < -0.39 is 0 Å². The van der Waals surface area contributed by atoms with E-state index in [9.17, 15) is 9.59 Å². The quantitative estimate of drug-likeness (QED) is 0.874. The van der Waals surface area contributed by atoms with Crippen molar-refractivity contribution in [3.8, 4) is 0 Å². The molecule has 1 aromatic heterocycles. The molecule has 4 rings (SSSR count). The predicted molar refractivity (Wildman–Crippen MR) is 103 cm³/mol. The molecule has 1 N–H and O–H groups in total. The van der Waals surface area contributed by atoms with Gasteiger partial charge in [-0.1, -0.05) is 5.16 Å². The molecule has 1 aromatic carbocycles. The van der Waals surface area contributed by atoms with Gasteiger partial charge < -0.3 is 14.7 Å². The highest BCUT2D eigenvalue weighted by molar-refractivity contribution is 5.99. The highest BCUT2D eigenvalue weighted by Gasteiger charge is 2.31. The third-order valence-electron chi connectivity index (χ3n) is 5.60. The van der Waals surface area contributed by atoms with E-state index in [2.05, 4.69) is 10.5 Å². The van der Waals surface area contributed by atoms with Gasteiger partial charge in [0.05, 0.1) is 11.6 Å². The number of aromatic nitrogens is 1. The van der Waals surface area contributed by atoms with Crippen LogP contribution in [0.3, 0.4) is 0 Å². The van der Waals surface area contributed by atoms with Crippen molar-refractivity contribution >= 4 is 23.2 Å². The van der Waals surface area contributed by atoms with Gasteiger partial charge in [-0.25, -0.2) is 0 Å². The lowest BCUT2D eigenvalue weighted by molar-refractivity contribution is -0.119. The van der Waals surface area contributed by atoms with Crippen molar-refractivity contribution in [1.82, 2.24) is 5.16 Å². The minimum Gasteiger partial charge on any atom is -0.361 e. The highest BCUT2D eigenvalue weighted by Crippen LogP contribution is 2.36. The zero-order chi connectivity index (χ0) is 19.1. The van der Waals surface area contributed by atoms with Gasteiger partial charge in [0, 0.05) is 29.9 Å². The fourth-order valence-corrected chi connectivity index (χ4v) is 3.89. The molecule has 27 heavy (non-hydrogen) atoms. The molecule has 1 aliphatic carbocycles. The van der Waals surface area contributed by atoms with Crippen LogP contribution in [0.25, 0.3) is 0 Å². The van der Waals surface area contributed by atoms with Gasteiger partial charge in [-0.05, 0) is 69.7 Å². The van der Waals surface area contributed by atoms with Crippen LogP contribution >= 0.6 is 0 Å². The third-order valence-corrected chi connectivity index (χ3v) is 5.60. The molecule has 0 spiro atoms. The number of benzene rings is 1. The van der Waals surface area contributed by atoms with Crippen LogP contribution in [-0.4, -0.2) is 23.5 Å². The summed E-state index contributed by atoms with van der Waals surface area (Å²) in [7, 11) is 0. The van der Waals surface area contributed by atoms with Crippen LogP contribution in [0.4, 0.5) is 11.4 Å². The lowest BCUT2D eigenvalue weighted by Gasteiger charge is -2.30. The van der Waals surface area contributed by atoms with Gasteiger partial charge in [-0.2, -0.15) is 0 Å². The molecule has 6 nitrogen and oxygen atoms in total. The molecule has 2 aliphatic rings. The number of carbonyl (C=O) groups excluding carboxylic acids is 2. The number of fused-ring (bicyclic) bond motifs is 1. The molecule has 1 saturated carbocycles. The van der Waals surface area contributed by atoms with Crippen molar-refractivity contribution in [1.29, 1.82) is 0 Å². The number of rotatable bonds is 5. The summed E-state index contributed by atoms with van der Waals surface area (Å²) >= 11 is 0. The molecule has 1 fully saturated rings. The Bertz CT molecular complexity index is 879. The first-order valence-corrected chi connectivity index (χ1v) is 9.61. The van der Waals surface area contributed by atoms with E-state index >= 15 is 0 Å². The van der Waals surface area contributed by atoms with Gasteiger partial charge in [0.1, 0.15) is 5.76 Å². The molecule has 142 valence electrons. The zero-order valence-corrected chi connectivity index (χ0v) is 16.0. The smallest absolute Gasteiger partial charge is 0.231 e. The molecule has 2 amide bonds. The summed E-state index contributed by atoms with van der Waals surface area (Å²) in [6.07, 6.45) is 3.69. The highest BCUT2D eigenvalue weighted by atomic mass is 16.5. The predicted octanol–water partition coefficient (Wildman–Crippen LogP) is 3.72. The monoisotopic (exact) mass is 367 g/mol. The molecular weight excluding hydrogens is 342 g/mol. The maximum Gasteiger partial charge on any atom is 0.231 e. The molecule has 1 aliphatic heterocycles. The van der Waals surface area contributed by atoms with E-state index in [1.165, 1.54) is 12.8 Å². The normalized spacial score (nSPS) is 17.6. The van der Waals surface area contributed by atoms with Gasteiger partial charge >= 0.3 is 0 Å². The van der Waals surface area contributed by atoms with Crippen LogP contribution in [0.5, 0.6) is 0 Å². The summed E-state index contributed by atoms with van der Waals surface area (Å²) in [5.74, 6) is 1.09. The molecular formula is C21H25N3O3. The topological polar surface area (TPSA) is 75.4 Å². The summed E-state index contributed by atoms with van der Waals surface area (Å²) in [5.41, 5.74) is 4.47. The number of hydrogen-bond donors (Lipinski definition) is 1. The third kappa shape index (κ3) is 3.48. The van der Waals surface area contributed by atoms with Crippen LogP contribution in [0.2, 0.25) is 0 Å². The minimum atomic E-state index is -0.347. The summed E-state index contributed by atoms with van der Waals surface area (Å²) < 4.78 is 5.18. The van der Waals surface area contributed by atoms with E-state index in [0.717, 1.165) is 41.2 Å². The lowest BCUT2D eigenvalue weighted by Crippen LogP contribution is -2.36. The maximum absolute atomic E-state index is 12.7. The van der Waals surface area contributed by atoms with E-state index in [4.69, 9.17) is 4.52 Å². The standard InChI is InChI=1S/C21H25N3O3/c1-12(20-13(2)23-27-14(20)3)21(26)22-17-7-8-18-16(10-17)6-9-19(25)24(18)11-15-4-5-15/h7-8,10,12,15H,4-6,9,11H2,1-3H3,(H,22,26)/t12-/m0/s1. The lowest BCUT2D eigenvalue weighted by atomic mass is 9.97. The van der Waals surface area contributed by atoms with Crippen LogP contribution < -0.4 is 10.2 Å². The second kappa shape index (κ2) is 6.83. The molecule has 0 radical (unpaired) electrons. The Hall–Kier alpha value is -2.63. The number of amides is 2. The van der Waals surface area contributed by atoms with Gasteiger partial charge in [0.2, 0.25) is 11.8 Å². The van der Waals surface area contributed by atoms with Crippen LogP contribution in [0.1, 0.15) is 54.7 Å². The van der Waals surface area contributed by atoms with Crippen molar-refractivity contribution in [3.05, 3.63) is 40.8 Å². The number of nitrogens with zero attached hydrogens (tertiary/aromatic N) is 2. The van der Waals surface area contributed by atoms with E-state index in [-0.39, 0.29) is 17.7 Å². The fraction of sp³-hybridized carbons (Fsp3) is 0.476. The Balaban J connectivity index is 1.52. The van der Waals surface area contributed by atoms with Gasteiger partial charge in [-0.3, -0.25) is 9.59 Å². The minimum absolute atomic E-state index is 0.0916. The van der Waals surface area contributed by atoms with Crippen molar-refractivity contribution in [2.24, 2.45) is 5.92 Å². The second-order valence-corrected chi connectivity index (χ2v) is 7.74. The van der Waals surface area contributed by atoms with Crippen LogP contribution in [-0.2, 0) is 16.0 Å². The summed E-state index contributed by atoms with van der Waals surface area (Å²) in [6, 6.07) is 5.85. The summed E-state index contributed by atoms with van der Waals surface area (Å²) in [4.78, 5) is 26.9. The fourth-order valence-electron chi connectivity index (χ4n) is 3.89. The molecule has 2 aromatic rings. The SMILES string of the molecule is Cc1noc(C)c1[C@H](C)C(=O)Nc1ccc2c(c1)CCC(=O)N2CC1CC1. The molecule has 6 heteroatoms. The Labute approximate surface area is 158 Å². The van der Waals surface area contributed by atoms with E-state index in [1.807, 2.05) is 43.9 Å². The average Bonchev–Trinajstić information content (AvgIpc) is 3.40. The van der Waals surface area contributed by atoms with Crippen molar-refractivity contribution in [2.75, 3.05) is 16.8 Å². The molecule has 2 heterocycles. The number of nitrogens with one attached hydrogen (secondary N) is 1. The van der Waals surface area contributed by atoms with E-state index in [1.54, 1.807) is 0 Å².